The molecule has 4 aromatic rings. The zero-order valence-corrected chi connectivity index (χ0v) is 22.2. The summed E-state index contributed by atoms with van der Waals surface area (Å²) in [5.74, 6) is -1.71. The normalized spacial score (nSPS) is 19.5. The molecule has 2 atom stereocenters. The van der Waals surface area contributed by atoms with Crippen LogP contribution in [-0.2, 0) is 5.60 Å². The Kier molecular flexibility index (Phi) is 6.28. The van der Waals surface area contributed by atoms with E-state index in [-0.39, 0.29) is 33.1 Å². The molecule has 0 bridgehead atoms. The van der Waals surface area contributed by atoms with Gasteiger partial charge in [-0.25, -0.2) is 18.6 Å². The average Bonchev–Trinajstić information content (AvgIpc) is 3.59. The molecule has 0 unspecified atom stereocenters. The molecule has 14 heteroatoms. The van der Waals surface area contributed by atoms with Crippen LogP contribution in [0.25, 0.3) is 5.69 Å². The Morgan fingerprint density at radius 2 is 1.86 bits per heavy atom. The summed E-state index contributed by atoms with van der Waals surface area (Å²) in [6, 6.07) is 6.78. The highest BCUT2D eigenvalue weighted by molar-refractivity contribution is 6.31. The van der Waals surface area contributed by atoms with Gasteiger partial charge in [0.05, 0.1) is 24.0 Å². The summed E-state index contributed by atoms with van der Waals surface area (Å²) in [5, 5.41) is 16.0. The topological polar surface area (TPSA) is 99.5 Å². The van der Waals surface area contributed by atoms with Crippen LogP contribution in [0.4, 0.5) is 38.1 Å². The van der Waals surface area contributed by atoms with E-state index in [2.05, 4.69) is 15.6 Å². The molecule has 2 aliphatic heterocycles. The standard InChI is InChI=1S/C28H19ClF5N5O3/c1-13-35-6-7-38(13)16-10-18-23(24(37-25(18)40)17-8-14(30)2-4-20(17)29)21(11-16)36-26(41)39-12-27(42,28(32,33)34)19-9-15(31)3-5-22(19)39/h2-11,24,42H,12H2,1H3,(H,36,41)(H,37,40)/t24-,27+/m0/s1. The number of nitrogens with one attached hydrogen (secondary N) is 2. The van der Waals surface area contributed by atoms with Crippen LogP contribution in [0.2, 0.25) is 5.02 Å². The number of alkyl halides is 3. The number of fused-ring (bicyclic) bond motifs is 2. The fraction of sp³-hybridized carbons (Fsp3) is 0.179. The van der Waals surface area contributed by atoms with Crippen LogP contribution in [-0.4, -0.2) is 39.3 Å². The van der Waals surface area contributed by atoms with Crippen molar-refractivity contribution in [3.63, 3.8) is 0 Å². The summed E-state index contributed by atoms with van der Waals surface area (Å²) < 4.78 is 71.7. The van der Waals surface area contributed by atoms with E-state index in [0.717, 1.165) is 24.3 Å². The molecule has 0 spiro atoms. The maximum Gasteiger partial charge on any atom is 0.423 e. The van der Waals surface area contributed by atoms with Gasteiger partial charge in [0, 0.05) is 45.4 Å². The van der Waals surface area contributed by atoms with E-state index in [0.29, 0.717) is 22.5 Å². The first-order chi connectivity index (χ1) is 19.8. The predicted molar refractivity (Wildman–Crippen MR) is 142 cm³/mol. The number of rotatable bonds is 3. The number of benzene rings is 3. The molecule has 3 heterocycles. The fourth-order valence-corrected chi connectivity index (χ4v) is 5.59. The molecule has 0 saturated heterocycles. The average molecular weight is 604 g/mol. The van der Waals surface area contributed by atoms with Gasteiger partial charge in [0.1, 0.15) is 17.5 Å². The van der Waals surface area contributed by atoms with Crippen molar-refractivity contribution in [2.45, 2.75) is 24.7 Å². The second-order valence-corrected chi connectivity index (χ2v) is 10.3. The third-order valence-electron chi connectivity index (χ3n) is 7.38. The van der Waals surface area contributed by atoms with Gasteiger partial charge in [-0.3, -0.25) is 9.69 Å². The number of anilines is 2. The Hall–Kier alpha value is -4.49. The summed E-state index contributed by atoms with van der Waals surface area (Å²) in [4.78, 5) is 31.6. The maximum atomic E-state index is 14.2. The number of hydrogen-bond acceptors (Lipinski definition) is 4. The molecule has 216 valence electrons. The van der Waals surface area contributed by atoms with E-state index in [9.17, 15) is 36.6 Å². The van der Waals surface area contributed by atoms with Gasteiger partial charge in [-0.15, -0.1) is 0 Å². The smallest absolute Gasteiger partial charge is 0.375 e. The number of aromatic nitrogens is 2. The lowest BCUT2D eigenvalue weighted by Gasteiger charge is -2.27. The van der Waals surface area contributed by atoms with Crippen molar-refractivity contribution in [1.82, 2.24) is 14.9 Å². The van der Waals surface area contributed by atoms with Gasteiger partial charge in [-0.1, -0.05) is 11.6 Å². The van der Waals surface area contributed by atoms with Crippen molar-refractivity contribution >= 4 is 34.9 Å². The highest BCUT2D eigenvalue weighted by Crippen LogP contribution is 2.49. The molecule has 2 aliphatic rings. The number of halogens is 6. The Morgan fingerprint density at radius 3 is 2.55 bits per heavy atom. The first-order valence-electron chi connectivity index (χ1n) is 12.4. The number of aryl methyl sites for hydroxylation is 1. The number of amides is 3. The zero-order chi connectivity index (χ0) is 30.1. The van der Waals surface area contributed by atoms with Crippen molar-refractivity contribution in [3.8, 4) is 5.69 Å². The molecule has 3 N–H and O–H groups in total. The van der Waals surface area contributed by atoms with Gasteiger partial charge >= 0.3 is 12.2 Å². The van der Waals surface area contributed by atoms with Crippen molar-refractivity contribution in [2.24, 2.45) is 0 Å². The monoisotopic (exact) mass is 603 g/mol. The quantitative estimate of drug-likeness (QED) is 0.260. The molecule has 1 aromatic heterocycles. The molecular formula is C28H19ClF5N5O3. The first kappa shape index (κ1) is 27.7. The Balaban J connectivity index is 1.48. The Bertz CT molecular complexity index is 1790. The van der Waals surface area contributed by atoms with Crippen LogP contribution in [0.1, 0.15) is 38.9 Å². The number of carbonyl (C=O) groups is 2. The largest absolute Gasteiger partial charge is 0.423 e. The third kappa shape index (κ3) is 4.27. The van der Waals surface area contributed by atoms with Gasteiger partial charge in [-0.05, 0) is 55.5 Å². The lowest BCUT2D eigenvalue weighted by molar-refractivity contribution is -0.258. The highest BCUT2D eigenvalue weighted by atomic mass is 35.5. The maximum absolute atomic E-state index is 14.2. The van der Waals surface area contributed by atoms with Crippen LogP contribution in [0, 0.1) is 18.6 Å². The molecule has 0 radical (unpaired) electrons. The minimum Gasteiger partial charge on any atom is -0.375 e. The molecule has 3 aromatic carbocycles. The van der Waals surface area contributed by atoms with Crippen LogP contribution < -0.4 is 15.5 Å². The van der Waals surface area contributed by atoms with E-state index < -0.39 is 53.5 Å². The van der Waals surface area contributed by atoms with E-state index in [1.54, 1.807) is 17.7 Å². The molecule has 3 amide bonds. The third-order valence-corrected chi connectivity index (χ3v) is 7.73. The summed E-state index contributed by atoms with van der Waals surface area (Å²) in [7, 11) is 0. The van der Waals surface area contributed by atoms with Crippen molar-refractivity contribution < 1.29 is 36.6 Å². The number of urea groups is 1. The van der Waals surface area contributed by atoms with Gasteiger partial charge in [-0.2, -0.15) is 13.2 Å². The number of carbonyl (C=O) groups excluding carboxylic acids is 2. The molecule has 8 nitrogen and oxygen atoms in total. The minimum absolute atomic E-state index is 0.00427. The number of hydrogen-bond donors (Lipinski definition) is 3. The van der Waals surface area contributed by atoms with Gasteiger partial charge in [0.2, 0.25) is 5.60 Å². The summed E-state index contributed by atoms with van der Waals surface area (Å²) in [6.45, 7) is 0.444. The number of imidazole rings is 1. The summed E-state index contributed by atoms with van der Waals surface area (Å²) >= 11 is 6.34. The van der Waals surface area contributed by atoms with E-state index >= 15 is 0 Å². The Morgan fingerprint density at radius 1 is 1.14 bits per heavy atom. The van der Waals surface area contributed by atoms with Crippen molar-refractivity contribution in [2.75, 3.05) is 16.8 Å². The lowest BCUT2D eigenvalue weighted by atomic mass is 9.95. The number of aliphatic hydroxyl groups is 1. The minimum atomic E-state index is -5.24. The van der Waals surface area contributed by atoms with Gasteiger partial charge in [0.15, 0.2) is 0 Å². The second kappa shape index (κ2) is 9.53. The van der Waals surface area contributed by atoms with Gasteiger partial charge < -0.3 is 20.3 Å². The van der Waals surface area contributed by atoms with E-state index in [4.69, 9.17) is 11.6 Å². The highest BCUT2D eigenvalue weighted by Gasteiger charge is 2.61. The zero-order valence-electron chi connectivity index (χ0n) is 21.4. The fourth-order valence-electron chi connectivity index (χ4n) is 5.36. The first-order valence-corrected chi connectivity index (χ1v) is 12.8. The van der Waals surface area contributed by atoms with Crippen LogP contribution >= 0.6 is 11.6 Å². The van der Waals surface area contributed by atoms with Gasteiger partial charge in [0.25, 0.3) is 5.91 Å². The van der Waals surface area contributed by atoms with Crippen LogP contribution in [0.5, 0.6) is 0 Å². The Labute approximate surface area is 239 Å². The number of β-amino-alcohol motifs (C(OH)–C–C–N with tert-alkyl or cyclic N) is 1. The summed E-state index contributed by atoms with van der Waals surface area (Å²) in [6.07, 6.45) is -2.13. The summed E-state index contributed by atoms with van der Waals surface area (Å²) in [5.41, 5.74) is -3.87. The van der Waals surface area contributed by atoms with Crippen molar-refractivity contribution in [3.05, 3.63) is 106 Å². The predicted octanol–water partition coefficient (Wildman–Crippen LogP) is 5.75. The SMILES string of the molecule is Cc1nccn1-c1cc(NC(=O)N2C[C@](O)(C(F)(F)F)c3cc(F)ccc32)c2c(c1)C(=O)N[C@H]2c1cc(F)ccc1Cl. The van der Waals surface area contributed by atoms with E-state index in [1.807, 2.05) is 0 Å². The van der Waals surface area contributed by atoms with Crippen LogP contribution in [0.3, 0.4) is 0 Å². The molecule has 0 fully saturated rings. The second-order valence-electron chi connectivity index (χ2n) is 9.91. The lowest BCUT2D eigenvalue weighted by Crippen LogP contribution is -2.48. The number of nitrogens with zero attached hydrogens (tertiary/aromatic N) is 3. The van der Waals surface area contributed by atoms with E-state index in [1.165, 1.54) is 24.4 Å². The van der Waals surface area contributed by atoms with Crippen molar-refractivity contribution in [1.29, 1.82) is 0 Å². The molecule has 6 rings (SSSR count). The molecule has 0 aliphatic carbocycles. The molecule has 0 saturated carbocycles. The van der Waals surface area contributed by atoms with Crippen LogP contribution in [0.15, 0.2) is 60.9 Å². The molecular weight excluding hydrogens is 585 g/mol. The molecule has 42 heavy (non-hydrogen) atoms.